The Bertz CT molecular complexity index is 774. The molecule has 0 aliphatic heterocycles. The molecule has 3 nitrogen and oxygen atoms in total. The fraction of sp³-hybridized carbons (Fsp3) is 0.381. The normalized spacial score (nSPS) is 13.9. The molecule has 0 aliphatic carbocycles. The Morgan fingerprint density at radius 1 is 1.00 bits per heavy atom. The van der Waals surface area contributed by atoms with Crippen LogP contribution < -0.4 is 10.6 Å². The SMILES string of the molecule is Cc1ccccc1CC(C)NC(C)CC(=O)Nc1ccccc1C(F)(F)F. The van der Waals surface area contributed by atoms with Crippen molar-refractivity contribution in [1.82, 2.24) is 5.32 Å². The molecule has 2 aromatic rings. The van der Waals surface area contributed by atoms with Crippen LogP contribution in [0.25, 0.3) is 0 Å². The third kappa shape index (κ3) is 6.40. The van der Waals surface area contributed by atoms with Crippen LogP contribution in [-0.2, 0) is 17.4 Å². The van der Waals surface area contributed by atoms with Gasteiger partial charge in [-0.05, 0) is 50.5 Å². The molecule has 2 N–H and O–H groups in total. The first-order valence-electron chi connectivity index (χ1n) is 8.93. The summed E-state index contributed by atoms with van der Waals surface area (Å²) in [6.45, 7) is 5.93. The Hall–Kier alpha value is -2.34. The second kappa shape index (κ2) is 9.04. The molecule has 2 atom stereocenters. The van der Waals surface area contributed by atoms with E-state index in [2.05, 4.69) is 29.7 Å². The van der Waals surface area contributed by atoms with E-state index in [-0.39, 0.29) is 24.2 Å². The fourth-order valence-electron chi connectivity index (χ4n) is 3.09. The van der Waals surface area contributed by atoms with Gasteiger partial charge in [0.2, 0.25) is 5.91 Å². The van der Waals surface area contributed by atoms with Crippen molar-refractivity contribution in [3.05, 3.63) is 65.2 Å². The number of aryl methyl sites for hydroxylation is 1. The predicted molar refractivity (Wildman–Crippen MR) is 102 cm³/mol. The summed E-state index contributed by atoms with van der Waals surface area (Å²) in [5, 5.41) is 5.72. The largest absolute Gasteiger partial charge is 0.418 e. The van der Waals surface area contributed by atoms with Crippen molar-refractivity contribution in [2.24, 2.45) is 0 Å². The van der Waals surface area contributed by atoms with E-state index >= 15 is 0 Å². The van der Waals surface area contributed by atoms with E-state index in [1.54, 1.807) is 0 Å². The highest BCUT2D eigenvalue weighted by Gasteiger charge is 2.33. The number of alkyl halides is 3. The summed E-state index contributed by atoms with van der Waals surface area (Å²) in [7, 11) is 0. The van der Waals surface area contributed by atoms with Crippen LogP contribution in [0.15, 0.2) is 48.5 Å². The molecule has 2 unspecified atom stereocenters. The standard InChI is InChI=1S/C21H25F3N2O/c1-14-8-4-5-9-17(14)12-15(2)25-16(3)13-20(27)26-19-11-7-6-10-18(19)21(22,23)24/h4-11,15-16,25H,12-13H2,1-3H3,(H,26,27). The van der Waals surface area contributed by atoms with Gasteiger partial charge < -0.3 is 10.6 Å². The molecule has 146 valence electrons. The quantitative estimate of drug-likeness (QED) is 0.716. The molecule has 0 spiro atoms. The number of para-hydroxylation sites is 1. The number of hydrogen-bond acceptors (Lipinski definition) is 2. The number of rotatable bonds is 7. The molecule has 0 saturated heterocycles. The zero-order valence-electron chi connectivity index (χ0n) is 15.7. The van der Waals surface area contributed by atoms with Crippen LogP contribution in [0.5, 0.6) is 0 Å². The molecule has 6 heteroatoms. The number of amides is 1. The first-order valence-corrected chi connectivity index (χ1v) is 8.93. The summed E-state index contributed by atoms with van der Waals surface area (Å²) in [4.78, 5) is 12.2. The summed E-state index contributed by atoms with van der Waals surface area (Å²) in [6, 6.07) is 13.1. The third-order valence-electron chi connectivity index (χ3n) is 4.35. The minimum Gasteiger partial charge on any atom is -0.325 e. The lowest BCUT2D eigenvalue weighted by atomic mass is 10.0. The minimum absolute atomic E-state index is 0.0876. The number of nitrogens with one attached hydrogen (secondary N) is 2. The van der Waals surface area contributed by atoms with E-state index < -0.39 is 17.6 Å². The Kier molecular flexibility index (Phi) is 7.02. The fourth-order valence-corrected chi connectivity index (χ4v) is 3.09. The molecule has 0 saturated carbocycles. The van der Waals surface area contributed by atoms with Gasteiger partial charge in [0, 0.05) is 18.5 Å². The summed E-state index contributed by atoms with van der Waals surface area (Å²) in [5.41, 5.74) is 1.38. The van der Waals surface area contributed by atoms with Gasteiger partial charge in [-0.1, -0.05) is 36.4 Å². The molecule has 0 aliphatic rings. The molecule has 0 heterocycles. The molecular formula is C21H25F3N2O. The Labute approximate surface area is 158 Å². The van der Waals surface area contributed by atoms with Crippen LogP contribution in [0.3, 0.4) is 0 Å². The monoisotopic (exact) mass is 378 g/mol. The number of halogens is 3. The summed E-state index contributed by atoms with van der Waals surface area (Å²) in [6.07, 6.45) is -3.60. The van der Waals surface area contributed by atoms with Crippen LogP contribution >= 0.6 is 0 Å². The highest BCUT2D eigenvalue weighted by Crippen LogP contribution is 2.34. The van der Waals surface area contributed by atoms with E-state index in [0.29, 0.717) is 0 Å². The van der Waals surface area contributed by atoms with Crippen molar-refractivity contribution in [2.75, 3.05) is 5.32 Å². The maximum Gasteiger partial charge on any atom is 0.418 e. The van der Waals surface area contributed by atoms with Crippen LogP contribution in [-0.4, -0.2) is 18.0 Å². The first kappa shape index (κ1) is 21.0. The van der Waals surface area contributed by atoms with Gasteiger partial charge in [-0.25, -0.2) is 0 Å². The van der Waals surface area contributed by atoms with Crippen molar-refractivity contribution in [1.29, 1.82) is 0 Å². The third-order valence-corrected chi connectivity index (χ3v) is 4.35. The van der Waals surface area contributed by atoms with Gasteiger partial charge in [-0.15, -0.1) is 0 Å². The zero-order valence-corrected chi connectivity index (χ0v) is 15.7. The zero-order chi connectivity index (χ0) is 20.0. The van der Waals surface area contributed by atoms with E-state index in [4.69, 9.17) is 0 Å². The van der Waals surface area contributed by atoms with Crippen molar-refractivity contribution >= 4 is 11.6 Å². The van der Waals surface area contributed by atoms with Gasteiger partial charge in [0.1, 0.15) is 0 Å². The van der Waals surface area contributed by atoms with Gasteiger partial charge >= 0.3 is 6.18 Å². The number of hydrogen-bond donors (Lipinski definition) is 2. The van der Waals surface area contributed by atoms with Crippen molar-refractivity contribution < 1.29 is 18.0 Å². The van der Waals surface area contributed by atoms with E-state index in [1.807, 2.05) is 26.0 Å². The van der Waals surface area contributed by atoms with Crippen LogP contribution in [0.2, 0.25) is 0 Å². The second-order valence-corrected chi connectivity index (χ2v) is 6.90. The lowest BCUT2D eigenvalue weighted by Crippen LogP contribution is -2.38. The van der Waals surface area contributed by atoms with Gasteiger partial charge in [0.05, 0.1) is 11.3 Å². The van der Waals surface area contributed by atoms with E-state index in [0.717, 1.165) is 12.5 Å². The Balaban J connectivity index is 1.90. The number of anilines is 1. The summed E-state index contributed by atoms with van der Waals surface area (Å²) in [5.74, 6) is -0.449. The van der Waals surface area contributed by atoms with E-state index in [1.165, 1.54) is 29.3 Å². The number of benzene rings is 2. The highest BCUT2D eigenvalue weighted by atomic mass is 19.4. The Morgan fingerprint density at radius 2 is 1.63 bits per heavy atom. The Morgan fingerprint density at radius 3 is 2.30 bits per heavy atom. The van der Waals surface area contributed by atoms with Crippen LogP contribution in [0.4, 0.5) is 18.9 Å². The van der Waals surface area contributed by atoms with Crippen molar-refractivity contribution in [2.45, 2.75) is 51.9 Å². The number of carbonyl (C=O) groups is 1. The first-order chi connectivity index (χ1) is 12.7. The van der Waals surface area contributed by atoms with Gasteiger partial charge in [0.15, 0.2) is 0 Å². The lowest BCUT2D eigenvalue weighted by molar-refractivity contribution is -0.137. The predicted octanol–water partition coefficient (Wildman–Crippen LogP) is 4.95. The smallest absolute Gasteiger partial charge is 0.325 e. The van der Waals surface area contributed by atoms with Crippen LogP contribution in [0, 0.1) is 6.92 Å². The van der Waals surface area contributed by atoms with Gasteiger partial charge in [-0.3, -0.25) is 4.79 Å². The molecular weight excluding hydrogens is 353 g/mol. The average molecular weight is 378 g/mol. The minimum atomic E-state index is -4.50. The lowest BCUT2D eigenvalue weighted by Gasteiger charge is -2.21. The molecule has 1 amide bonds. The molecule has 0 aromatic heterocycles. The molecule has 0 bridgehead atoms. The number of carbonyl (C=O) groups excluding carboxylic acids is 1. The van der Waals surface area contributed by atoms with E-state index in [9.17, 15) is 18.0 Å². The van der Waals surface area contributed by atoms with Crippen molar-refractivity contribution in [3.8, 4) is 0 Å². The molecule has 0 fully saturated rings. The van der Waals surface area contributed by atoms with Gasteiger partial charge in [0.25, 0.3) is 0 Å². The topological polar surface area (TPSA) is 41.1 Å². The highest BCUT2D eigenvalue weighted by molar-refractivity contribution is 5.92. The molecule has 27 heavy (non-hydrogen) atoms. The maximum atomic E-state index is 13.0. The maximum absolute atomic E-state index is 13.0. The average Bonchev–Trinajstić information content (AvgIpc) is 2.56. The molecule has 2 rings (SSSR count). The summed E-state index contributed by atoms with van der Waals surface area (Å²) < 4.78 is 39.0. The van der Waals surface area contributed by atoms with Crippen LogP contribution in [0.1, 0.15) is 37.0 Å². The second-order valence-electron chi connectivity index (χ2n) is 6.90. The van der Waals surface area contributed by atoms with Crippen molar-refractivity contribution in [3.63, 3.8) is 0 Å². The molecule has 2 aromatic carbocycles. The summed E-state index contributed by atoms with van der Waals surface area (Å²) >= 11 is 0. The molecule has 0 radical (unpaired) electrons. The van der Waals surface area contributed by atoms with Gasteiger partial charge in [-0.2, -0.15) is 13.2 Å².